The Morgan fingerprint density at radius 2 is 2.47 bits per heavy atom. The first-order chi connectivity index (χ1) is 8.16. The first-order valence-electron chi connectivity index (χ1n) is 5.47. The second-order valence-corrected chi connectivity index (χ2v) is 4.51. The maximum absolute atomic E-state index is 11.4. The minimum atomic E-state index is -0.337. The van der Waals surface area contributed by atoms with Crippen molar-refractivity contribution in [3.63, 3.8) is 0 Å². The number of hydrogen-bond acceptors (Lipinski definition) is 5. The Bertz CT molecular complexity index is 596. The van der Waals surface area contributed by atoms with Gasteiger partial charge in [0.1, 0.15) is 5.82 Å². The third-order valence-corrected chi connectivity index (χ3v) is 2.92. The van der Waals surface area contributed by atoms with Crippen LogP contribution in [0.2, 0.25) is 0 Å². The fraction of sp³-hybridized carbons (Fsp3) is 0.500. The van der Waals surface area contributed by atoms with E-state index >= 15 is 0 Å². The van der Waals surface area contributed by atoms with Gasteiger partial charge in [0.25, 0.3) is 0 Å². The molecule has 3 heterocycles. The normalized spacial score (nSPS) is 24.3. The standard InChI is InChI=1S/C10H13N5O2/c1-10(4-5-17-6-10)11-7-2-3-8-12-13-9(16)15(8)14-7/h2-3H,4-6H2,1H3,(H,11,14)(H,13,16). The van der Waals surface area contributed by atoms with Crippen molar-refractivity contribution in [2.24, 2.45) is 0 Å². The number of aromatic nitrogens is 4. The molecule has 1 aliphatic rings. The molecule has 2 aromatic heterocycles. The molecular formula is C10H13N5O2. The van der Waals surface area contributed by atoms with E-state index in [4.69, 9.17) is 4.74 Å². The molecule has 0 bridgehead atoms. The molecule has 0 radical (unpaired) electrons. The lowest BCUT2D eigenvalue weighted by Gasteiger charge is -2.23. The summed E-state index contributed by atoms with van der Waals surface area (Å²) in [7, 11) is 0. The van der Waals surface area contributed by atoms with Gasteiger partial charge in [-0.15, -0.1) is 5.10 Å². The summed E-state index contributed by atoms with van der Waals surface area (Å²) in [6.45, 7) is 3.47. The second-order valence-electron chi connectivity index (χ2n) is 4.51. The molecule has 0 amide bonds. The zero-order valence-corrected chi connectivity index (χ0v) is 9.43. The molecule has 17 heavy (non-hydrogen) atoms. The molecule has 1 unspecified atom stereocenters. The van der Waals surface area contributed by atoms with E-state index in [1.807, 2.05) is 0 Å². The van der Waals surface area contributed by atoms with Crippen molar-refractivity contribution < 1.29 is 4.74 Å². The largest absolute Gasteiger partial charge is 0.379 e. The Morgan fingerprint density at radius 1 is 1.59 bits per heavy atom. The van der Waals surface area contributed by atoms with Crippen LogP contribution in [0, 0.1) is 0 Å². The minimum absolute atomic E-state index is 0.117. The van der Waals surface area contributed by atoms with Gasteiger partial charge in [-0.2, -0.15) is 9.61 Å². The molecule has 0 spiro atoms. The van der Waals surface area contributed by atoms with Crippen molar-refractivity contribution in [1.82, 2.24) is 19.8 Å². The van der Waals surface area contributed by atoms with Crippen molar-refractivity contribution >= 4 is 11.5 Å². The van der Waals surface area contributed by atoms with E-state index in [9.17, 15) is 4.79 Å². The summed E-state index contributed by atoms with van der Waals surface area (Å²) in [6, 6.07) is 3.55. The SMILES string of the molecule is CC1(Nc2ccc3n[nH]c(=O)n3n2)CCOC1. The van der Waals surface area contributed by atoms with Gasteiger partial charge < -0.3 is 10.1 Å². The summed E-state index contributed by atoms with van der Waals surface area (Å²) in [5, 5.41) is 13.6. The highest BCUT2D eigenvalue weighted by Gasteiger charge is 2.29. The van der Waals surface area contributed by atoms with Gasteiger partial charge in [0.05, 0.1) is 12.1 Å². The number of anilines is 1. The molecule has 7 nitrogen and oxygen atoms in total. The van der Waals surface area contributed by atoms with Gasteiger partial charge in [0.2, 0.25) is 0 Å². The van der Waals surface area contributed by atoms with Gasteiger partial charge in [-0.25, -0.2) is 9.89 Å². The summed E-state index contributed by atoms with van der Waals surface area (Å²) in [6.07, 6.45) is 0.924. The molecule has 2 aromatic rings. The number of ether oxygens (including phenoxy) is 1. The minimum Gasteiger partial charge on any atom is -0.379 e. The Kier molecular flexibility index (Phi) is 2.15. The van der Waals surface area contributed by atoms with Crippen LogP contribution in [-0.2, 0) is 4.74 Å². The fourth-order valence-corrected chi connectivity index (χ4v) is 1.94. The van der Waals surface area contributed by atoms with Crippen LogP contribution in [-0.4, -0.2) is 38.6 Å². The predicted octanol–water partition coefficient (Wildman–Crippen LogP) is 0.00850. The second kappa shape index (κ2) is 3.56. The molecule has 90 valence electrons. The first kappa shape index (κ1) is 10.3. The van der Waals surface area contributed by atoms with Crippen LogP contribution in [0.25, 0.3) is 5.65 Å². The van der Waals surface area contributed by atoms with E-state index in [1.165, 1.54) is 4.52 Å². The van der Waals surface area contributed by atoms with Crippen LogP contribution in [0.5, 0.6) is 0 Å². The zero-order valence-electron chi connectivity index (χ0n) is 9.43. The van der Waals surface area contributed by atoms with Crippen molar-refractivity contribution in [1.29, 1.82) is 0 Å². The Labute approximate surface area is 96.8 Å². The lowest BCUT2D eigenvalue weighted by atomic mass is 10.0. The zero-order chi connectivity index (χ0) is 11.9. The van der Waals surface area contributed by atoms with Gasteiger partial charge in [-0.3, -0.25) is 0 Å². The highest BCUT2D eigenvalue weighted by atomic mass is 16.5. The van der Waals surface area contributed by atoms with Crippen LogP contribution in [0.4, 0.5) is 5.82 Å². The lowest BCUT2D eigenvalue weighted by Crippen LogP contribution is -2.35. The Hall–Kier alpha value is -1.89. The first-order valence-corrected chi connectivity index (χ1v) is 5.47. The number of nitrogens with one attached hydrogen (secondary N) is 2. The van der Waals surface area contributed by atoms with Gasteiger partial charge in [-0.05, 0) is 25.5 Å². The summed E-state index contributed by atoms with van der Waals surface area (Å²) in [4.78, 5) is 11.4. The average molecular weight is 235 g/mol. The molecule has 1 aliphatic heterocycles. The highest BCUT2D eigenvalue weighted by molar-refractivity contribution is 5.44. The Balaban J connectivity index is 1.95. The molecule has 2 N–H and O–H groups in total. The molecular weight excluding hydrogens is 222 g/mol. The molecule has 1 fully saturated rings. The van der Waals surface area contributed by atoms with Gasteiger partial charge >= 0.3 is 5.69 Å². The topological polar surface area (TPSA) is 84.3 Å². The third-order valence-electron chi connectivity index (χ3n) is 2.92. The summed E-state index contributed by atoms with van der Waals surface area (Å²) in [5.74, 6) is 0.647. The number of H-pyrrole nitrogens is 1. The molecule has 0 saturated carbocycles. The number of hydrogen-bond donors (Lipinski definition) is 2. The quantitative estimate of drug-likeness (QED) is 0.766. The van der Waals surface area contributed by atoms with E-state index in [-0.39, 0.29) is 11.2 Å². The van der Waals surface area contributed by atoms with Crippen LogP contribution in [0.1, 0.15) is 13.3 Å². The van der Waals surface area contributed by atoms with Gasteiger partial charge in [0.15, 0.2) is 5.65 Å². The van der Waals surface area contributed by atoms with E-state index in [1.54, 1.807) is 12.1 Å². The maximum Gasteiger partial charge on any atom is 0.364 e. The predicted molar refractivity (Wildman–Crippen MR) is 61.1 cm³/mol. The molecule has 0 aromatic carbocycles. The molecule has 1 atom stereocenters. The number of aromatic amines is 1. The van der Waals surface area contributed by atoms with Crippen LogP contribution >= 0.6 is 0 Å². The van der Waals surface area contributed by atoms with Crippen molar-refractivity contribution in [2.75, 3.05) is 18.5 Å². The highest BCUT2D eigenvalue weighted by Crippen LogP contribution is 2.22. The van der Waals surface area contributed by atoms with Gasteiger partial charge in [0, 0.05) is 6.61 Å². The van der Waals surface area contributed by atoms with Gasteiger partial charge in [-0.1, -0.05) is 0 Å². The van der Waals surface area contributed by atoms with E-state index in [2.05, 4.69) is 27.5 Å². The molecule has 0 aliphatic carbocycles. The monoisotopic (exact) mass is 235 g/mol. The van der Waals surface area contributed by atoms with E-state index in [0.29, 0.717) is 18.1 Å². The molecule has 7 heteroatoms. The summed E-state index contributed by atoms with van der Waals surface area (Å²) in [5.41, 5.74) is 0.0541. The summed E-state index contributed by atoms with van der Waals surface area (Å²) >= 11 is 0. The van der Waals surface area contributed by atoms with Crippen LogP contribution in [0.3, 0.4) is 0 Å². The molecule has 3 rings (SSSR count). The fourth-order valence-electron chi connectivity index (χ4n) is 1.94. The molecule has 1 saturated heterocycles. The van der Waals surface area contributed by atoms with Crippen molar-refractivity contribution in [2.45, 2.75) is 18.9 Å². The maximum atomic E-state index is 11.4. The summed E-state index contributed by atoms with van der Waals surface area (Å²) < 4.78 is 6.59. The van der Waals surface area contributed by atoms with E-state index in [0.717, 1.165) is 13.0 Å². The number of rotatable bonds is 2. The van der Waals surface area contributed by atoms with Crippen LogP contribution < -0.4 is 11.0 Å². The van der Waals surface area contributed by atoms with Crippen LogP contribution in [0.15, 0.2) is 16.9 Å². The third kappa shape index (κ3) is 1.78. The smallest absolute Gasteiger partial charge is 0.364 e. The van der Waals surface area contributed by atoms with Crippen molar-refractivity contribution in [3.05, 3.63) is 22.6 Å². The number of nitrogens with zero attached hydrogens (tertiary/aromatic N) is 3. The lowest BCUT2D eigenvalue weighted by molar-refractivity contribution is 0.185. The average Bonchev–Trinajstić information content (AvgIpc) is 2.87. The number of fused-ring (bicyclic) bond motifs is 1. The van der Waals surface area contributed by atoms with E-state index < -0.39 is 0 Å². The Morgan fingerprint density at radius 3 is 3.24 bits per heavy atom. The van der Waals surface area contributed by atoms with Crippen molar-refractivity contribution in [3.8, 4) is 0 Å².